The van der Waals surface area contributed by atoms with Crippen LogP contribution in [0.25, 0.3) is 0 Å². The van der Waals surface area contributed by atoms with Crippen molar-refractivity contribution < 1.29 is 4.79 Å². The van der Waals surface area contributed by atoms with Crippen molar-refractivity contribution in [2.24, 2.45) is 23.2 Å². The highest BCUT2D eigenvalue weighted by Crippen LogP contribution is 2.61. The van der Waals surface area contributed by atoms with Crippen LogP contribution in [0.15, 0.2) is 6.07 Å². The molecule has 4 nitrogen and oxygen atoms in total. The van der Waals surface area contributed by atoms with Crippen molar-refractivity contribution >= 4 is 5.91 Å². The van der Waals surface area contributed by atoms with Crippen LogP contribution in [-0.2, 0) is 0 Å². The van der Waals surface area contributed by atoms with E-state index >= 15 is 0 Å². The van der Waals surface area contributed by atoms with E-state index in [1.807, 2.05) is 6.07 Å². The van der Waals surface area contributed by atoms with Gasteiger partial charge >= 0.3 is 0 Å². The van der Waals surface area contributed by atoms with Gasteiger partial charge in [0.25, 0.3) is 5.91 Å². The summed E-state index contributed by atoms with van der Waals surface area (Å²) in [5.41, 5.74) is 2.09. The van der Waals surface area contributed by atoms with Gasteiger partial charge in [0.05, 0.1) is 0 Å². The van der Waals surface area contributed by atoms with Crippen LogP contribution < -0.4 is 5.32 Å². The van der Waals surface area contributed by atoms with Crippen LogP contribution in [0.1, 0.15) is 86.8 Å². The van der Waals surface area contributed by atoms with Gasteiger partial charge in [0.15, 0.2) is 0 Å². The lowest BCUT2D eigenvalue weighted by atomic mass is 9.47. The molecule has 0 radical (unpaired) electrons. The highest BCUT2D eigenvalue weighted by atomic mass is 16.2. The molecule has 0 saturated heterocycles. The predicted molar refractivity (Wildman–Crippen MR) is 92.7 cm³/mol. The number of nitrogens with zero attached hydrogens (tertiary/aromatic N) is 1. The number of aromatic amines is 1. The monoisotopic (exact) mass is 327 g/mol. The third-order valence-electron chi connectivity index (χ3n) is 7.39. The zero-order valence-corrected chi connectivity index (χ0v) is 14.7. The van der Waals surface area contributed by atoms with Gasteiger partial charge in [-0.1, -0.05) is 6.92 Å². The first kappa shape index (κ1) is 15.0. The fraction of sp³-hybridized carbons (Fsp3) is 0.800. The molecule has 1 aromatic rings. The van der Waals surface area contributed by atoms with E-state index < -0.39 is 0 Å². The fourth-order valence-corrected chi connectivity index (χ4v) is 6.58. The van der Waals surface area contributed by atoms with E-state index in [4.69, 9.17) is 0 Å². The quantitative estimate of drug-likeness (QED) is 0.858. The summed E-state index contributed by atoms with van der Waals surface area (Å²) in [6, 6.07) is 2.29. The average Bonchev–Trinajstić information content (AvgIpc) is 3.28. The van der Waals surface area contributed by atoms with E-state index in [0.717, 1.165) is 29.9 Å². The molecule has 5 saturated carbocycles. The predicted octanol–water partition coefficient (Wildman–Crippen LogP) is 4.01. The molecule has 1 heterocycles. The summed E-state index contributed by atoms with van der Waals surface area (Å²) in [7, 11) is 0. The Morgan fingerprint density at radius 1 is 1.25 bits per heavy atom. The molecule has 2 N–H and O–H groups in total. The number of carbonyl (C=O) groups is 1. The van der Waals surface area contributed by atoms with E-state index in [2.05, 4.69) is 22.4 Å². The molecule has 24 heavy (non-hydrogen) atoms. The number of aromatic nitrogens is 2. The van der Waals surface area contributed by atoms with Gasteiger partial charge in [-0.2, -0.15) is 5.10 Å². The normalized spacial score (nSPS) is 38.3. The SMILES string of the molecule is CCC(NC(=O)c1cc(C2CC2)[nH]n1)C12CC3CC(CC(C3)C1)C2. The standard InChI is InChI=1S/C20H29N3O/c1-2-18(20-9-12-5-13(10-20)7-14(6-12)11-20)21-19(24)17-8-16(22-23-17)15-3-4-15/h8,12-15,18H,2-7,9-11H2,1H3,(H,21,24)(H,22,23). The first-order valence-corrected chi connectivity index (χ1v) is 10.0. The summed E-state index contributed by atoms with van der Waals surface area (Å²) in [6.45, 7) is 2.24. The lowest BCUT2D eigenvalue weighted by Gasteiger charge is -2.59. The van der Waals surface area contributed by atoms with Crippen LogP contribution in [0.5, 0.6) is 0 Å². The number of nitrogens with one attached hydrogen (secondary N) is 2. The zero-order chi connectivity index (χ0) is 16.3. The lowest BCUT2D eigenvalue weighted by Crippen LogP contribution is -2.56. The molecule has 5 fully saturated rings. The maximum Gasteiger partial charge on any atom is 0.272 e. The Morgan fingerprint density at radius 3 is 2.42 bits per heavy atom. The molecule has 1 atom stereocenters. The molecule has 6 rings (SSSR count). The van der Waals surface area contributed by atoms with Crippen LogP contribution in [-0.4, -0.2) is 22.1 Å². The largest absolute Gasteiger partial charge is 0.347 e. The van der Waals surface area contributed by atoms with E-state index in [-0.39, 0.29) is 5.91 Å². The minimum Gasteiger partial charge on any atom is -0.347 e. The van der Waals surface area contributed by atoms with Gasteiger partial charge < -0.3 is 5.32 Å². The zero-order valence-electron chi connectivity index (χ0n) is 14.7. The van der Waals surface area contributed by atoms with Gasteiger partial charge in [0, 0.05) is 17.7 Å². The Bertz CT molecular complexity index is 610. The molecular weight excluding hydrogens is 298 g/mol. The average molecular weight is 327 g/mol. The smallest absolute Gasteiger partial charge is 0.272 e. The van der Waals surface area contributed by atoms with Crippen LogP contribution >= 0.6 is 0 Å². The van der Waals surface area contributed by atoms with Crippen molar-refractivity contribution in [1.29, 1.82) is 0 Å². The van der Waals surface area contributed by atoms with Gasteiger partial charge in [-0.25, -0.2) is 0 Å². The molecule has 0 aromatic carbocycles. The minimum absolute atomic E-state index is 0.0285. The third-order valence-corrected chi connectivity index (χ3v) is 7.39. The minimum atomic E-state index is 0.0285. The van der Waals surface area contributed by atoms with Crippen LogP contribution in [0.3, 0.4) is 0 Å². The van der Waals surface area contributed by atoms with Crippen molar-refractivity contribution in [3.63, 3.8) is 0 Å². The Kier molecular flexibility index (Phi) is 3.33. The summed E-state index contributed by atoms with van der Waals surface area (Å²) < 4.78 is 0. The number of hydrogen-bond donors (Lipinski definition) is 2. The second-order valence-corrected chi connectivity index (χ2v) is 9.20. The second kappa shape index (κ2) is 5.34. The Hall–Kier alpha value is -1.32. The molecule has 130 valence electrons. The lowest BCUT2D eigenvalue weighted by molar-refractivity contribution is -0.0727. The summed E-state index contributed by atoms with van der Waals surface area (Å²) in [5.74, 6) is 3.42. The van der Waals surface area contributed by atoms with Crippen molar-refractivity contribution in [3.05, 3.63) is 17.5 Å². The molecule has 5 aliphatic carbocycles. The van der Waals surface area contributed by atoms with Crippen molar-refractivity contribution in [3.8, 4) is 0 Å². The Balaban J connectivity index is 1.33. The summed E-state index contributed by atoms with van der Waals surface area (Å²) in [4.78, 5) is 12.8. The summed E-state index contributed by atoms with van der Waals surface area (Å²) >= 11 is 0. The molecule has 1 unspecified atom stereocenters. The molecular formula is C20H29N3O. The molecule has 4 bridgehead atoms. The molecule has 4 heteroatoms. The van der Waals surface area contributed by atoms with Crippen molar-refractivity contribution in [2.75, 3.05) is 0 Å². The van der Waals surface area contributed by atoms with Gasteiger partial charge in [0.1, 0.15) is 5.69 Å². The van der Waals surface area contributed by atoms with Gasteiger partial charge in [0.2, 0.25) is 0 Å². The molecule has 5 aliphatic rings. The molecule has 0 aliphatic heterocycles. The fourth-order valence-electron chi connectivity index (χ4n) is 6.58. The maximum atomic E-state index is 12.8. The maximum absolute atomic E-state index is 12.8. The number of amides is 1. The van der Waals surface area contributed by atoms with E-state index in [0.29, 0.717) is 23.1 Å². The number of carbonyl (C=O) groups excluding carboxylic acids is 1. The molecule has 1 aromatic heterocycles. The van der Waals surface area contributed by atoms with Crippen LogP contribution in [0.2, 0.25) is 0 Å². The number of rotatable bonds is 5. The summed E-state index contributed by atoms with van der Waals surface area (Å²) in [6.07, 6.45) is 11.9. The van der Waals surface area contributed by atoms with Crippen LogP contribution in [0, 0.1) is 23.2 Å². The van der Waals surface area contributed by atoms with E-state index in [9.17, 15) is 4.79 Å². The highest BCUT2D eigenvalue weighted by molar-refractivity contribution is 5.92. The van der Waals surface area contributed by atoms with Crippen LogP contribution in [0.4, 0.5) is 0 Å². The number of H-pyrrole nitrogens is 1. The number of hydrogen-bond acceptors (Lipinski definition) is 2. The van der Waals surface area contributed by atoms with Gasteiger partial charge in [-0.3, -0.25) is 9.89 Å². The van der Waals surface area contributed by atoms with E-state index in [1.54, 1.807) is 0 Å². The Labute approximate surface area is 144 Å². The first-order valence-electron chi connectivity index (χ1n) is 10.0. The second-order valence-electron chi connectivity index (χ2n) is 9.20. The summed E-state index contributed by atoms with van der Waals surface area (Å²) in [5, 5.41) is 10.7. The molecule has 0 spiro atoms. The van der Waals surface area contributed by atoms with Crippen molar-refractivity contribution in [1.82, 2.24) is 15.5 Å². The van der Waals surface area contributed by atoms with Gasteiger partial charge in [-0.15, -0.1) is 0 Å². The van der Waals surface area contributed by atoms with E-state index in [1.165, 1.54) is 51.4 Å². The third kappa shape index (κ3) is 2.41. The Morgan fingerprint density at radius 2 is 1.88 bits per heavy atom. The topological polar surface area (TPSA) is 57.8 Å². The molecule has 1 amide bonds. The first-order chi connectivity index (χ1) is 11.6. The van der Waals surface area contributed by atoms with Crippen molar-refractivity contribution in [2.45, 2.75) is 76.7 Å². The van der Waals surface area contributed by atoms with Gasteiger partial charge in [-0.05, 0) is 87.0 Å². The highest BCUT2D eigenvalue weighted by Gasteiger charge is 2.54.